The molecular formula is C33H37F7O4. The summed E-state index contributed by atoms with van der Waals surface area (Å²) in [5.74, 6) is -5.60. The molecule has 0 atom stereocenters. The molecule has 0 spiro atoms. The number of allylic oxidation sites excluding steroid dienone is 4. The fourth-order valence-corrected chi connectivity index (χ4v) is 5.61. The number of ether oxygens (including phenoxy) is 4. The van der Waals surface area contributed by atoms with E-state index in [1.165, 1.54) is 12.1 Å². The van der Waals surface area contributed by atoms with Crippen LogP contribution in [0.25, 0.3) is 0 Å². The predicted octanol–water partition coefficient (Wildman–Crippen LogP) is 9.95. The van der Waals surface area contributed by atoms with Crippen LogP contribution in [0.15, 0.2) is 60.7 Å². The monoisotopic (exact) mass is 630 g/mol. The fraction of sp³-hybridized carbons (Fsp3) is 0.515. The maximum Gasteiger partial charge on any atom is 0.573 e. The molecule has 0 radical (unpaired) electrons. The maximum atomic E-state index is 14.8. The molecule has 1 saturated carbocycles. The standard InChI is InChI=1S/C33H37F7O4/c1-2-3-4-5-6-7-8-9-22-20-41-31(42-21-22)25-12-10-23(11-13-25)24-14-16-26(17-15-24)32(36,37)43-27-18-28(34)30(29(35)19-27)44-33(38,39)40/h2-3,6-7,14-19,22-23,25,31H,4-5,8-13,20-21H2,1H3/b3-2+,7-6+. The molecule has 1 aliphatic heterocycles. The van der Waals surface area contributed by atoms with Crippen LogP contribution in [0.2, 0.25) is 0 Å². The molecule has 4 rings (SSSR count). The molecule has 1 heterocycles. The minimum absolute atomic E-state index is 0.162. The lowest BCUT2D eigenvalue weighted by molar-refractivity contribution is -0.276. The Balaban J connectivity index is 1.23. The Morgan fingerprint density at radius 1 is 0.795 bits per heavy atom. The highest BCUT2D eigenvalue weighted by Crippen LogP contribution is 2.41. The molecule has 2 fully saturated rings. The lowest BCUT2D eigenvalue weighted by Gasteiger charge is -2.37. The van der Waals surface area contributed by atoms with Gasteiger partial charge in [-0.1, -0.05) is 36.4 Å². The smallest absolute Gasteiger partial charge is 0.429 e. The van der Waals surface area contributed by atoms with Crippen LogP contribution in [0.4, 0.5) is 30.7 Å². The molecule has 11 heteroatoms. The summed E-state index contributed by atoms with van der Waals surface area (Å²) < 4.78 is 114. The summed E-state index contributed by atoms with van der Waals surface area (Å²) in [7, 11) is 0. The minimum Gasteiger partial charge on any atom is -0.429 e. The first-order valence-corrected chi connectivity index (χ1v) is 14.9. The molecule has 0 unspecified atom stereocenters. The van der Waals surface area contributed by atoms with Crippen LogP contribution in [0.1, 0.15) is 75.3 Å². The number of rotatable bonds is 12. The van der Waals surface area contributed by atoms with E-state index in [1.54, 1.807) is 12.1 Å². The van der Waals surface area contributed by atoms with E-state index in [1.807, 2.05) is 6.92 Å². The third-order valence-electron chi connectivity index (χ3n) is 7.95. The molecule has 0 aromatic heterocycles. The largest absolute Gasteiger partial charge is 0.573 e. The minimum atomic E-state index is -5.36. The van der Waals surface area contributed by atoms with Gasteiger partial charge in [-0.3, -0.25) is 0 Å². The van der Waals surface area contributed by atoms with Gasteiger partial charge in [0.05, 0.1) is 18.8 Å². The van der Waals surface area contributed by atoms with Gasteiger partial charge in [0.1, 0.15) is 5.75 Å². The Labute approximate surface area is 252 Å². The first-order valence-electron chi connectivity index (χ1n) is 14.9. The van der Waals surface area contributed by atoms with Crippen molar-refractivity contribution in [1.82, 2.24) is 0 Å². The summed E-state index contributed by atoms with van der Waals surface area (Å²) in [5.41, 5.74) is 0.298. The summed E-state index contributed by atoms with van der Waals surface area (Å²) in [4.78, 5) is 0. The molecular weight excluding hydrogens is 593 g/mol. The molecule has 2 aliphatic rings. The second-order valence-corrected chi connectivity index (χ2v) is 11.2. The van der Waals surface area contributed by atoms with E-state index >= 15 is 0 Å². The Kier molecular flexibility index (Phi) is 11.8. The van der Waals surface area contributed by atoms with Crippen molar-refractivity contribution in [3.8, 4) is 11.5 Å². The molecule has 1 aliphatic carbocycles. The highest BCUT2D eigenvalue weighted by molar-refractivity contribution is 5.36. The first kappa shape index (κ1) is 33.8. The SMILES string of the molecule is C/C=C/CC/C=C/CCC1COC(C2CCC(c3ccc(C(F)(F)Oc4cc(F)c(OC(F)(F)F)c(F)c4)cc3)CC2)OC1. The Hall–Kier alpha value is -3.05. The number of alkyl halides is 5. The van der Waals surface area contributed by atoms with Gasteiger partial charge in [-0.2, -0.15) is 8.78 Å². The summed E-state index contributed by atoms with van der Waals surface area (Å²) in [6, 6.07) is 5.87. The van der Waals surface area contributed by atoms with Crippen molar-refractivity contribution in [2.24, 2.45) is 11.8 Å². The van der Waals surface area contributed by atoms with Crippen LogP contribution in [0.5, 0.6) is 11.5 Å². The summed E-state index contributed by atoms with van der Waals surface area (Å²) >= 11 is 0. The quantitative estimate of drug-likeness (QED) is 0.133. The van der Waals surface area contributed by atoms with Crippen molar-refractivity contribution in [2.45, 2.75) is 83.0 Å². The van der Waals surface area contributed by atoms with E-state index < -0.39 is 41.2 Å². The summed E-state index contributed by atoms with van der Waals surface area (Å²) in [6.07, 6.45) is 6.62. The number of halogens is 7. The second-order valence-electron chi connectivity index (χ2n) is 11.2. The zero-order valence-corrected chi connectivity index (χ0v) is 24.4. The van der Waals surface area contributed by atoms with Gasteiger partial charge >= 0.3 is 12.5 Å². The molecule has 4 nitrogen and oxygen atoms in total. The molecule has 0 N–H and O–H groups in total. The van der Waals surface area contributed by atoms with Crippen molar-refractivity contribution in [3.63, 3.8) is 0 Å². The van der Waals surface area contributed by atoms with Gasteiger partial charge in [-0.15, -0.1) is 13.2 Å². The first-order chi connectivity index (χ1) is 20.9. The average Bonchev–Trinajstić information content (AvgIpc) is 2.98. The average molecular weight is 631 g/mol. The van der Waals surface area contributed by atoms with Crippen LogP contribution >= 0.6 is 0 Å². The Bertz CT molecular complexity index is 1220. The molecule has 0 amide bonds. The van der Waals surface area contributed by atoms with Crippen molar-refractivity contribution < 1.29 is 49.7 Å². The van der Waals surface area contributed by atoms with Crippen molar-refractivity contribution >= 4 is 0 Å². The van der Waals surface area contributed by atoms with Gasteiger partial charge in [0, 0.05) is 24.0 Å². The fourth-order valence-electron chi connectivity index (χ4n) is 5.61. The molecule has 2 aromatic carbocycles. The normalized spacial score (nSPS) is 23.4. The number of hydrogen-bond acceptors (Lipinski definition) is 4. The maximum absolute atomic E-state index is 14.8. The van der Waals surface area contributed by atoms with Crippen LogP contribution in [-0.4, -0.2) is 25.9 Å². The van der Waals surface area contributed by atoms with E-state index in [9.17, 15) is 30.7 Å². The molecule has 1 saturated heterocycles. The van der Waals surface area contributed by atoms with Gasteiger partial charge < -0.3 is 18.9 Å². The second kappa shape index (κ2) is 15.3. The predicted molar refractivity (Wildman–Crippen MR) is 150 cm³/mol. The van der Waals surface area contributed by atoms with E-state index in [0.29, 0.717) is 19.1 Å². The lowest BCUT2D eigenvalue weighted by Crippen LogP contribution is -2.38. The van der Waals surface area contributed by atoms with Crippen molar-refractivity contribution in [1.29, 1.82) is 0 Å². The highest BCUT2D eigenvalue weighted by atomic mass is 19.4. The van der Waals surface area contributed by atoms with Crippen molar-refractivity contribution in [2.75, 3.05) is 13.2 Å². The number of hydrogen-bond donors (Lipinski definition) is 0. The zero-order chi connectivity index (χ0) is 31.7. The van der Waals surface area contributed by atoms with E-state index in [-0.39, 0.29) is 30.3 Å². The van der Waals surface area contributed by atoms with Crippen LogP contribution in [0, 0.1) is 23.5 Å². The van der Waals surface area contributed by atoms with Gasteiger partial charge in [0.25, 0.3) is 0 Å². The van der Waals surface area contributed by atoms with Crippen LogP contribution in [-0.2, 0) is 15.6 Å². The number of benzene rings is 2. The van der Waals surface area contributed by atoms with Crippen LogP contribution < -0.4 is 9.47 Å². The third kappa shape index (κ3) is 9.72. The Morgan fingerprint density at radius 2 is 1.39 bits per heavy atom. The molecule has 242 valence electrons. The third-order valence-corrected chi connectivity index (χ3v) is 7.95. The van der Waals surface area contributed by atoms with E-state index in [0.717, 1.165) is 56.9 Å². The van der Waals surface area contributed by atoms with E-state index in [2.05, 4.69) is 33.8 Å². The summed E-state index contributed by atoms with van der Waals surface area (Å²) in [6.45, 7) is 3.38. The highest BCUT2D eigenvalue weighted by Gasteiger charge is 2.38. The van der Waals surface area contributed by atoms with Crippen molar-refractivity contribution in [3.05, 3.63) is 83.5 Å². The number of unbranched alkanes of at least 4 members (excludes halogenated alkanes) is 1. The van der Waals surface area contributed by atoms with Gasteiger partial charge in [-0.25, -0.2) is 8.78 Å². The summed E-state index contributed by atoms with van der Waals surface area (Å²) in [5, 5.41) is 0. The molecule has 44 heavy (non-hydrogen) atoms. The van der Waals surface area contributed by atoms with Gasteiger partial charge in [0.2, 0.25) is 5.75 Å². The van der Waals surface area contributed by atoms with Gasteiger partial charge in [-0.05, 0) is 81.9 Å². The van der Waals surface area contributed by atoms with E-state index in [4.69, 9.17) is 9.47 Å². The molecule has 2 aromatic rings. The van der Waals surface area contributed by atoms with Crippen LogP contribution in [0.3, 0.4) is 0 Å². The zero-order valence-electron chi connectivity index (χ0n) is 24.4. The molecule has 0 bridgehead atoms. The topological polar surface area (TPSA) is 36.9 Å². The Morgan fingerprint density at radius 3 is 1.98 bits per heavy atom. The lowest BCUT2D eigenvalue weighted by atomic mass is 9.78. The van der Waals surface area contributed by atoms with Gasteiger partial charge in [0.15, 0.2) is 17.9 Å².